The maximum absolute atomic E-state index is 12.2. The number of amides is 1. The first-order valence-electron chi connectivity index (χ1n) is 7.80. The Hall–Kier alpha value is -3.08. The standard InChI is InChI=1S/C19H19N3O2/c1-13(2)24-15-9-7-14(8-10-15)11-21-22-19(23)17-12-20-18-6-4-3-5-16(17)18/h3-13,20H,1-2H3,(H,22,23)/b21-11-. The zero-order valence-electron chi connectivity index (χ0n) is 13.6. The number of nitrogens with zero attached hydrogens (tertiary/aromatic N) is 1. The number of aromatic amines is 1. The second kappa shape index (κ2) is 7.00. The molecule has 2 N–H and O–H groups in total. The van der Waals surface area contributed by atoms with Crippen molar-refractivity contribution in [3.8, 4) is 5.75 Å². The van der Waals surface area contributed by atoms with Crippen LogP contribution in [0.5, 0.6) is 5.75 Å². The number of hydrazone groups is 1. The molecule has 24 heavy (non-hydrogen) atoms. The van der Waals surface area contributed by atoms with Crippen LogP contribution in [0.3, 0.4) is 0 Å². The highest BCUT2D eigenvalue weighted by Crippen LogP contribution is 2.17. The van der Waals surface area contributed by atoms with Crippen molar-refractivity contribution in [2.24, 2.45) is 5.10 Å². The third kappa shape index (κ3) is 3.63. The molecule has 0 bridgehead atoms. The summed E-state index contributed by atoms with van der Waals surface area (Å²) in [5.41, 5.74) is 4.93. The summed E-state index contributed by atoms with van der Waals surface area (Å²) in [4.78, 5) is 15.3. The predicted octanol–water partition coefficient (Wildman–Crippen LogP) is 3.72. The summed E-state index contributed by atoms with van der Waals surface area (Å²) in [5.74, 6) is 0.563. The molecular formula is C19H19N3O2. The number of carbonyl (C=O) groups is 1. The summed E-state index contributed by atoms with van der Waals surface area (Å²) >= 11 is 0. The predicted molar refractivity (Wildman–Crippen MR) is 95.6 cm³/mol. The fourth-order valence-electron chi connectivity index (χ4n) is 2.39. The van der Waals surface area contributed by atoms with E-state index in [0.29, 0.717) is 5.56 Å². The van der Waals surface area contributed by atoms with E-state index in [1.165, 1.54) is 0 Å². The highest BCUT2D eigenvalue weighted by atomic mass is 16.5. The number of nitrogens with one attached hydrogen (secondary N) is 2. The van der Waals surface area contributed by atoms with Gasteiger partial charge in [-0.2, -0.15) is 5.10 Å². The van der Waals surface area contributed by atoms with Gasteiger partial charge in [-0.1, -0.05) is 18.2 Å². The summed E-state index contributed by atoms with van der Waals surface area (Å²) in [7, 11) is 0. The fraction of sp³-hybridized carbons (Fsp3) is 0.158. The summed E-state index contributed by atoms with van der Waals surface area (Å²) in [6.45, 7) is 3.96. The Morgan fingerprint density at radius 2 is 1.92 bits per heavy atom. The van der Waals surface area contributed by atoms with Gasteiger partial charge >= 0.3 is 0 Å². The highest BCUT2D eigenvalue weighted by Gasteiger charge is 2.10. The van der Waals surface area contributed by atoms with Crippen molar-refractivity contribution in [2.75, 3.05) is 0 Å². The topological polar surface area (TPSA) is 66.5 Å². The van der Waals surface area contributed by atoms with Gasteiger partial charge in [-0.25, -0.2) is 5.43 Å². The second-order valence-corrected chi connectivity index (χ2v) is 5.68. The number of carbonyl (C=O) groups excluding carboxylic acids is 1. The molecule has 0 saturated carbocycles. The molecule has 1 aromatic heterocycles. The lowest BCUT2D eigenvalue weighted by Gasteiger charge is -2.09. The van der Waals surface area contributed by atoms with Crippen molar-refractivity contribution in [1.82, 2.24) is 10.4 Å². The van der Waals surface area contributed by atoms with Crippen molar-refractivity contribution in [3.05, 3.63) is 65.9 Å². The van der Waals surface area contributed by atoms with E-state index in [4.69, 9.17) is 4.74 Å². The van der Waals surface area contributed by atoms with Crippen LogP contribution in [0.15, 0.2) is 59.8 Å². The Labute approximate surface area is 140 Å². The smallest absolute Gasteiger partial charge is 0.273 e. The molecule has 0 spiro atoms. The Balaban J connectivity index is 1.64. The molecule has 5 heteroatoms. The van der Waals surface area contributed by atoms with E-state index >= 15 is 0 Å². The normalized spacial score (nSPS) is 11.3. The molecular weight excluding hydrogens is 302 g/mol. The van der Waals surface area contributed by atoms with Gasteiger partial charge in [-0.05, 0) is 49.7 Å². The molecule has 1 amide bonds. The molecule has 3 rings (SSSR count). The minimum atomic E-state index is -0.247. The zero-order chi connectivity index (χ0) is 16.9. The number of H-pyrrole nitrogens is 1. The number of aromatic nitrogens is 1. The summed E-state index contributed by atoms with van der Waals surface area (Å²) < 4.78 is 5.58. The van der Waals surface area contributed by atoms with Crippen LogP contribution in [-0.4, -0.2) is 23.2 Å². The van der Waals surface area contributed by atoms with E-state index in [1.807, 2.05) is 62.4 Å². The number of rotatable bonds is 5. The van der Waals surface area contributed by atoms with Crippen molar-refractivity contribution < 1.29 is 9.53 Å². The minimum Gasteiger partial charge on any atom is -0.491 e. The second-order valence-electron chi connectivity index (χ2n) is 5.68. The van der Waals surface area contributed by atoms with E-state index in [9.17, 15) is 4.79 Å². The van der Waals surface area contributed by atoms with Crippen LogP contribution in [0.2, 0.25) is 0 Å². The Morgan fingerprint density at radius 3 is 2.67 bits per heavy atom. The maximum Gasteiger partial charge on any atom is 0.273 e. The van der Waals surface area contributed by atoms with Gasteiger partial charge in [-0.3, -0.25) is 4.79 Å². The largest absolute Gasteiger partial charge is 0.491 e. The van der Waals surface area contributed by atoms with Crippen LogP contribution in [0.25, 0.3) is 10.9 Å². The van der Waals surface area contributed by atoms with Gasteiger partial charge in [0.15, 0.2) is 0 Å². The lowest BCUT2D eigenvalue weighted by molar-refractivity contribution is 0.0957. The van der Waals surface area contributed by atoms with Gasteiger partial charge in [0.2, 0.25) is 0 Å². The minimum absolute atomic E-state index is 0.139. The lowest BCUT2D eigenvalue weighted by Crippen LogP contribution is -2.17. The van der Waals surface area contributed by atoms with Gasteiger partial charge in [0.25, 0.3) is 5.91 Å². The molecule has 0 aliphatic heterocycles. The van der Waals surface area contributed by atoms with Crippen molar-refractivity contribution in [3.63, 3.8) is 0 Å². The Morgan fingerprint density at radius 1 is 1.17 bits per heavy atom. The first-order chi connectivity index (χ1) is 11.6. The molecule has 0 radical (unpaired) electrons. The monoisotopic (exact) mass is 321 g/mol. The van der Waals surface area contributed by atoms with Gasteiger partial charge < -0.3 is 9.72 Å². The van der Waals surface area contributed by atoms with Gasteiger partial charge in [0, 0.05) is 17.1 Å². The van der Waals surface area contributed by atoms with E-state index in [1.54, 1.807) is 12.4 Å². The SMILES string of the molecule is CC(C)Oc1ccc(/C=N\NC(=O)c2c[nH]c3ccccc23)cc1. The van der Waals surface area contributed by atoms with E-state index in [0.717, 1.165) is 22.2 Å². The average Bonchev–Trinajstić information content (AvgIpc) is 3.00. The maximum atomic E-state index is 12.2. The van der Waals surface area contributed by atoms with E-state index in [-0.39, 0.29) is 12.0 Å². The molecule has 5 nitrogen and oxygen atoms in total. The van der Waals surface area contributed by atoms with Crippen LogP contribution in [0.4, 0.5) is 0 Å². The van der Waals surface area contributed by atoms with Crippen LogP contribution < -0.4 is 10.2 Å². The van der Waals surface area contributed by atoms with Gasteiger partial charge in [0.05, 0.1) is 17.9 Å². The average molecular weight is 321 g/mol. The van der Waals surface area contributed by atoms with E-state index < -0.39 is 0 Å². The lowest BCUT2D eigenvalue weighted by atomic mass is 10.2. The van der Waals surface area contributed by atoms with Crippen molar-refractivity contribution in [1.29, 1.82) is 0 Å². The van der Waals surface area contributed by atoms with Gasteiger partial charge in [-0.15, -0.1) is 0 Å². The third-order valence-electron chi connectivity index (χ3n) is 3.47. The fourth-order valence-corrected chi connectivity index (χ4v) is 2.39. The van der Waals surface area contributed by atoms with Crippen LogP contribution in [-0.2, 0) is 0 Å². The molecule has 3 aromatic rings. The summed E-state index contributed by atoms with van der Waals surface area (Å²) in [5, 5.41) is 4.89. The Bertz CT molecular complexity index is 864. The molecule has 2 aromatic carbocycles. The zero-order valence-corrected chi connectivity index (χ0v) is 13.6. The summed E-state index contributed by atoms with van der Waals surface area (Å²) in [6.07, 6.45) is 3.43. The number of hydrogen-bond acceptors (Lipinski definition) is 3. The Kier molecular flexibility index (Phi) is 4.61. The first-order valence-corrected chi connectivity index (χ1v) is 7.80. The number of hydrogen-bond donors (Lipinski definition) is 2. The molecule has 0 aliphatic rings. The molecule has 0 saturated heterocycles. The summed E-state index contributed by atoms with van der Waals surface area (Å²) in [6, 6.07) is 15.2. The van der Waals surface area contributed by atoms with Crippen molar-refractivity contribution in [2.45, 2.75) is 20.0 Å². The molecule has 0 atom stereocenters. The first kappa shape index (κ1) is 15.8. The van der Waals surface area contributed by atoms with Crippen LogP contribution >= 0.6 is 0 Å². The molecule has 1 heterocycles. The quantitative estimate of drug-likeness (QED) is 0.555. The molecule has 122 valence electrons. The van der Waals surface area contributed by atoms with Gasteiger partial charge in [0.1, 0.15) is 5.75 Å². The van der Waals surface area contributed by atoms with Crippen molar-refractivity contribution >= 4 is 23.0 Å². The molecule has 0 fully saturated rings. The number of para-hydroxylation sites is 1. The van der Waals surface area contributed by atoms with Crippen LogP contribution in [0.1, 0.15) is 29.8 Å². The molecule has 0 aliphatic carbocycles. The highest BCUT2D eigenvalue weighted by molar-refractivity contribution is 6.06. The number of benzene rings is 2. The molecule has 0 unspecified atom stereocenters. The third-order valence-corrected chi connectivity index (χ3v) is 3.47. The van der Waals surface area contributed by atoms with Crippen LogP contribution in [0, 0.1) is 0 Å². The number of fused-ring (bicyclic) bond motifs is 1. The van der Waals surface area contributed by atoms with E-state index in [2.05, 4.69) is 15.5 Å². The number of ether oxygens (including phenoxy) is 1.